The molecule has 0 saturated carbocycles. The third kappa shape index (κ3) is 1.66. The minimum Gasteiger partial charge on any atom is -0.480 e. The van der Waals surface area contributed by atoms with Crippen molar-refractivity contribution in [1.82, 2.24) is 9.55 Å². The van der Waals surface area contributed by atoms with Crippen LogP contribution in [-0.2, 0) is 11.3 Å². The first-order valence-electron chi connectivity index (χ1n) is 5.46. The number of benzene rings is 1. The number of aliphatic carboxylic acids is 1. The predicted octanol–water partition coefficient (Wildman–Crippen LogP) is 2.38. The molecule has 5 heteroatoms. The molecule has 3 aromatic rings. The molecule has 1 aromatic carbocycles. The maximum Gasteiger partial charge on any atom is 0.323 e. The normalized spacial score (nSPS) is 10.9. The lowest BCUT2D eigenvalue weighted by Gasteiger charge is -2.03. The predicted molar refractivity (Wildman–Crippen MR) is 65.1 cm³/mol. The summed E-state index contributed by atoms with van der Waals surface area (Å²) in [5.74, 6) is 0.182. The zero-order chi connectivity index (χ0) is 12.5. The Morgan fingerprint density at radius 2 is 2.11 bits per heavy atom. The van der Waals surface area contributed by atoms with Gasteiger partial charge >= 0.3 is 5.97 Å². The molecule has 0 amide bonds. The lowest BCUT2D eigenvalue weighted by atomic mass is 10.3. The van der Waals surface area contributed by atoms with E-state index in [1.165, 1.54) is 0 Å². The monoisotopic (exact) mass is 242 g/mol. The molecule has 0 fully saturated rings. The van der Waals surface area contributed by atoms with Crippen molar-refractivity contribution < 1.29 is 14.3 Å². The molecular weight excluding hydrogens is 232 g/mol. The molecule has 2 aromatic heterocycles. The number of imidazole rings is 1. The van der Waals surface area contributed by atoms with Gasteiger partial charge in [0.15, 0.2) is 11.6 Å². The summed E-state index contributed by atoms with van der Waals surface area (Å²) in [5, 5.41) is 8.99. The van der Waals surface area contributed by atoms with E-state index < -0.39 is 5.97 Å². The number of carboxylic acid groups (broad SMARTS) is 1. The summed E-state index contributed by atoms with van der Waals surface area (Å²) < 4.78 is 6.93. The Morgan fingerprint density at radius 1 is 1.28 bits per heavy atom. The zero-order valence-corrected chi connectivity index (χ0v) is 9.41. The van der Waals surface area contributed by atoms with Crippen LogP contribution in [0.15, 0.2) is 47.1 Å². The molecule has 18 heavy (non-hydrogen) atoms. The van der Waals surface area contributed by atoms with Gasteiger partial charge in [-0.3, -0.25) is 4.79 Å². The first-order chi connectivity index (χ1) is 8.75. The van der Waals surface area contributed by atoms with Gasteiger partial charge in [0.1, 0.15) is 6.54 Å². The van der Waals surface area contributed by atoms with Gasteiger partial charge in [0.2, 0.25) is 0 Å². The molecule has 90 valence electrons. The molecule has 0 saturated heterocycles. The molecule has 0 aliphatic heterocycles. The summed E-state index contributed by atoms with van der Waals surface area (Å²) in [6, 6.07) is 10.9. The molecule has 0 unspecified atom stereocenters. The Hall–Kier alpha value is -2.56. The number of rotatable bonds is 3. The highest BCUT2D eigenvalue weighted by Crippen LogP contribution is 2.24. The Kier molecular flexibility index (Phi) is 2.37. The first-order valence-corrected chi connectivity index (χ1v) is 5.46. The lowest BCUT2D eigenvalue weighted by Crippen LogP contribution is -2.09. The molecule has 0 spiro atoms. The van der Waals surface area contributed by atoms with Crippen molar-refractivity contribution >= 4 is 17.0 Å². The van der Waals surface area contributed by atoms with Gasteiger partial charge in [-0.15, -0.1) is 0 Å². The Balaban J connectivity index is 2.26. The van der Waals surface area contributed by atoms with Gasteiger partial charge in [-0.05, 0) is 24.3 Å². The second kappa shape index (κ2) is 4.03. The Bertz CT molecular complexity index is 698. The van der Waals surface area contributed by atoms with Gasteiger partial charge < -0.3 is 14.1 Å². The van der Waals surface area contributed by atoms with Crippen molar-refractivity contribution in [3.05, 3.63) is 42.7 Å². The van der Waals surface area contributed by atoms with Crippen LogP contribution in [0.3, 0.4) is 0 Å². The molecular formula is C13H10N2O3. The molecule has 1 N–H and O–H groups in total. The SMILES string of the molecule is O=C(O)Cn1c(-c2ccco2)nc2ccccc21. The molecule has 0 aliphatic rings. The molecule has 0 radical (unpaired) electrons. The second-order valence-corrected chi connectivity index (χ2v) is 3.88. The van der Waals surface area contributed by atoms with Crippen LogP contribution in [0.1, 0.15) is 0 Å². The van der Waals surface area contributed by atoms with Gasteiger partial charge in [-0.25, -0.2) is 4.98 Å². The van der Waals surface area contributed by atoms with Crippen LogP contribution in [0.5, 0.6) is 0 Å². The largest absolute Gasteiger partial charge is 0.480 e. The van der Waals surface area contributed by atoms with Crippen LogP contribution in [0.2, 0.25) is 0 Å². The number of hydrogen-bond acceptors (Lipinski definition) is 3. The average molecular weight is 242 g/mol. The van der Waals surface area contributed by atoms with Gasteiger partial charge in [-0.1, -0.05) is 12.1 Å². The molecule has 0 atom stereocenters. The highest BCUT2D eigenvalue weighted by Gasteiger charge is 2.15. The number of para-hydroxylation sites is 2. The fourth-order valence-electron chi connectivity index (χ4n) is 1.96. The van der Waals surface area contributed by atoms with Crippen LogP contribution >= 0.6 is 0 Å². The summed E-state index contributed by atoms with van der Waals surface area (Å²) in [6.07, 6.45) is 1.54. The molecule has 0 bridgehead atoms. The summed E-state index contributed by atoms with van der Waals surface area (Å²) >= 11 is 0. The number of fused-ring (bicyclic) bond motifs is 1. The smallest absolute Gasteiger partial charge is 0.323 e. The average Bonchev–Trinajstić information content (AvgIpc) is 2.96. The number of nitrogens with zero attached hydrogens (tertiary/aromatic N) is 2. The quantitative estimate of drug-likeness (QED) is 0.765. The van der Waals surface area contributed by atoms with Crippen LogP contribution in [0.25, 0.3) is 22.6 Å². The summed E-state index contributed by atoms with van der Waals surface area (Å²) in [5.41, 5.74) is 1.54. The van der Waals surface area contributed by atoms with E-state index in [2.05, 4.69) is 4.98 Å². The number of hydrogen-bond donors (Lipinski definition) is 1. The van der Waals surface area contributed by atoms with E-state index in [1.807, 2.05) is 24.3 Å². The third-order valence-corrected chi connectivity index (χ3v) is 2.69. The van der Waals surface area contributed by atoms with Crippen LogP contribution in [-0.4, -0.2) is 20.6 Å². The van der Waals surface area contributed by atoms with Gasteiger partial charge in [0.25, 0.3) is 0 Å². The van der Waals surface area contributed by atoms with Gasteiger partial charge in [-0.2, -0.15) is 0 Å². The molecule has 2 heterocycles. The maximum absolute atomic E-state index is 11.0. The summed E-state index contributed by atoms with van der Waals surface area (Å²) in [7, 11) is 0. The van der Waals surface area contributed by atoms with Crippen molar-refractivity contribution in [2.24, 2.45) is 0 Å². The molecule has 3 rings (SSSR count). The van der Waals surface area contributed by atoms with E-state index in [1.54, 1.807) is 23.0 Å². The standard InChI is InChI=1S/C13H10N2O3/c16-12(17)8-15-10-5-2-1-4-9(10)14-13(15)11-6-3-7-18-11/h1-7H,8H2,(H,16,17). The third-order valence-electron chi connectivity index (χ3n) is 2.69. The second-order valence-electron chi connectivity index (χ2n) is 3.88. The van der Waals surface area contributed by atoms with Crippen LogP contribution in [0, 0.1) is 0 Å². The van der Waals surface area contributed by atoms with Gasteiger partial charge in [0, 0.05) is 0 Å². The fraction of sp³-hybridized carbons (Fsp3) is 0.0769. The minimum absolute atomic E-state index is 0.142. The van der Waals surface area contributed by atoms with Crippen molar-refractivity contribution in [1.29, 1.82) is 0 Å². The van der Waals surface area contributed by atoms with E-state index in [0.717, 1.165) is 11.0 Å². The maximum atomic E-state index is 11.0. The van der Waals surface area contributed by atoms with E-state index in [0.29, 0.717) is 11.6 Å². The Labute approximate surface area is 102 Å². The topological polar surface area (TPSA) is 68.3 Å². The highest BCUT2D eigenvalue weighted by atomic mass is 16.4. The van der Waals surface area contributed by atoms with E-state index in [4.69, 9.17) is 9.52 Å². The van der Waals surface area contributed by atoms with Crippen molar-refractivity contribution in [3.8, 4) is 11.6 Å². The van der Waals surface area contributed by atoms with E-state index in [-0.39, 0.29) is 6.54 Å². The van der Waals surface area contributed by atoms with Crippen molar-refractivity contribution in [2.45, 2.75) is 6.54 Å². The fourth-order valence-corrected chi connectivity index (χ4v) is 1.96. The minimum atomic E-state index is -0.911. The van der Waals surface area contributed by atoms with Crippen molar-refractivity contribution in [3.63, 3.8) is 0 Å². The molecule has 0 aliphatic carbocycles. The number of aromatic nitrogens is 2. The van der Waals surface area contributed by atoms with Crippen LogP contribution < -0.4 is 0 Å². The lowest BCUT2D eigenvalue weighted by molar-refractivity contribution is -0.137. The van der Waals surface area contributed by atoms with E-state index >= 15 is 0 Å². The Morgan fingerprint density at radius 3 is 2.83 bits per heavy atom. The zero-order valence-electron chi connectivity index (χ0n) is 9.41. The highest BCUT2D eigenvalue weighted by molar-refractivity contribution is 5.82. The van der Waals surface area contributed by atoms with E-state index in [9.17, 15) is 4.79 Å². The summed E-state index contributed by atoms with van der Waals surface area (Å²) in [6.45, 7) is -0.142. The van der Waals surface area contributed by atoms with Gasteiger partial charge in [0.05, 0.1) is 17.3 Å². The van der Waals surface area contributed by atoms with Crippen LogP contribution in [0.4, 0.5) is 0 Å². The number of furan rings is 1. The number of carbonyl (C=O) groups is 1. The summed E-state index contributed by atoms with van der Waals surface area (Å²) in [4.78, 5) is 15.4. The first kappa shape index (κ1) is 10.6. The molecule has 5 nitrogen and oxygen atoms in total. The van der Waals surface area contributed by atoms with Crippen molar-refractivity contribution in [2.75, 3.05) is 0 Å². The number of carboxylic acids is 1.